The summed E-state index contributed by atoms with van der Waals surface area (Å²) >= 11 is 1.61. The zero-order valence-electron chi connectivity index (χ0n) is 8.40. The quantitative estimate of drug-likeness (QED) is 0.601. The maximum absolute atomic E-state index is 5.66. The van der Waals surface area contributed by atoms with Gasteiger partial charge in [0.2, 0.25) is 0 Å². The number of hydrogen-bond acceptors (Lipinski definition) is 3. The number of nitrogens with two attached hydrogens (primary N) is 1. The second-order valence-electron chi connectivity index (χ2n) is 3.02. The molecule has 0 bridgehead atoms. The summed E-state index contributed by atoms with van der Waals surface area (Å²) in [7, 11) is 0. The average Bonchev–Trinajstić information content (AvgIpc) is 2.65. The third-order valence-corrected chi connectivity index (χ3v) is 2.72. The lowest BCUT2D eigenvalue weighted by Crippen LogP contribution is -2.22. The van der Waals surface area contributed by atoms with Gasteiger partial charge in [0.25, 0.3) is 0 Å². The van der Waals surface area contributed by atoms with E-state index in [0.29, 0.717) is 12.5 Å². The molecule has 0 unspecified atom stereocenters. The molecule has 1 heterocycles. The number of fused-ring (bicyclic) bond motifs is 1. The predicted molar refractivity (Wildman–Crippen MR) is 65.4 cm³/mol. The number of anilines is 1. The highest BCUT2D eigenvalue weighted by Gasteiger charge is 1.99. The first kappa shape index (κ1) is 9.92. The van der Waals surface area contributed by atoms with Gasteiger partial charge in [-0.2, -0.15) is 0 Å². The molecule has 0 aliphatic carbocycles. The van der Waals surface area contributed by atoms with E-state index in [9.17, 15) is 0 Å². The van der Waals surface area contributed by atoms with Crippen molar-refractivity contribution in [3.8, 4) is 0 Å². The molecule has 0 aliphatic heterocycles. The standard InChI is InChI=1S/C10H12N4S/c1-2-12-10(11)14-7-3-4-8-9(5-7)15-6-13-8/h3-6H,2H2,1H3,(H3,11,12,14). The summed E-state index contributed by atoms with van der Waals surface area (Å²) in [5.74, 6) is 0.446. The van der Waals surface area contributed by atoms with E-state index in [4.69, 9.17) is 5.73 Å². The minimum absolute atomic E-state index is 0.446. The smallest absolute Gasteiger partial charge is 0.193 e. The topological polar surface area (TPSA) is 63.3 Å². The normalized spacial score (nSPS) is 11.9. The van der Waals surface area contributed by atoms with E-state index in [-0.39, 0.29) is 0 Å². The van der Waals surface area contributed by atoms with Crippen molar-refractivity contribution in [3.05, 3.63) is 23.7 Å². The molecule has 0 spiro atoms. The fourth-order valence-corrected chi connectivity index (χ4v) is 2.01. The van der Waals surface area contributed by atoms with E-state index in [1.165, 1.54) is 0 Å². The van der Waals surface area contributed by atoms with Gasteiger partial charge in [0.15, 0.2) is 5.96 Å². The van der Waals surface area contributed by atoms with Crippen molar-refractivity contribution in [2.75, 3.05) is 11.9 Å². The minimum Gasteiger partial charge on any atom is -0.370 e. The molecule has 0 saturated carbocycles. The monoisotopic (exact) mass is 220 g/mol. The average molecular weight is 220 g/mol. The lowest BCUT2D eigenvalue weighted by Gasteiger charge is -2.04. The van der Waals surface area contributed by atoms with Crippen LogP contribution < -0.4 is 11.1 Å². The molecule has 1 aromatic heterocycles. The van der Waals surface area contributed by atoms with Gasteiger partial charge in [-0.15, -0.1) is 11.3 Å². The van der Waals surface area contributed by atoms with Crippen molar-refractivity contribution in [1.29, 1.82) is 0 Å². The zero-order valence-corrected chi connectivity index (χ0v) is 9.21. The number of benzene rings is 1. The first-order valence-corrected chi connectivity index (χ1v) is 5.57. The van der Waals surface area contributed by atoms with Gasteiger partial charge in [0.05, 0.1) is 15.7 Å². The van der Waals surface area contributed by atoms with Crippen LogP contribution >= 0.6 is 11.3 Å². The summed E-state index contributed by atoms with van der Waals surface area (Å²) in [6.07, 6.45) is 0. The Hall–Kier alpha value is -1.62. The second-order valence-corrected chi connectivity index (χ2v) is 3.91. The number of guanidine groups is 1. The van der Waals surface area contributed by atoms with E-state index in [2.05, 4.69) is 15.3 Å². The van der Waals surface area contributed by atoms with Gasteiger partial charge < -0.3 is 11.1 Å². The van der Waals surface area contributed by atoms with Crippen molar-refractivity contribution < 1.29 is 0 Å². The molecular weight excluding hydrogens is 208 g/mol. The van der Waals surface area contributed by atoms with Crippen molar-refractivity contribution in [2.45, 2.75) is 6.92 Å². The first-order valence-electron chi connectivity index (χ1n) is 4.70. The lowest BCUT2D eigenvalue weighted by atomic mass is 10.3. The Morgan fingerprint density at radius 2 is 2.47 bits per heavy atom. The van der Waals surface area contributed by atoms with Gasteiger partial charge in [-0.3, -0.25) is 4.99 Å². The maximum atomic E-state index is 5.66. The number of nitrogens with one attached hydrogen (secondary N) is 1. The van der Waals surface area contributed by atoms with Crippen molar-refractivity contribution in [1.82, 2.24) is 4.98 Å². The second kappa shape index (κ2) is 4.27. The van der Waals surface area contributed by atoms with Crippen LogP contribution in [0.15, 0.2) is 28.7 Å². The van der Waals surface area contributed by atoms with E-state index in [1.807, 2.05) is 30.6 Å². The molecule has 2 rings (SSSR count). The molecule has 4 nitrogen and oxygen atoms in total. The summed E-state index contributed by atoms with van der Waals surface area (Å²) in [5, 5.41) is 3.03. The summed E-state index contributed by atoms with van der Waals surface area (Å²) < 4.78 is 1.14. The molecule has 0 aliphatic rings. The van der Waals surface area contributed by atoms with Crippen LogP contribution in [-0.4, -0.2) is 17.5 Å². The molecule has 5 heteroatoms. The largest absolute Gasteiger partial charge is 0.370 e. The number of thiazole rings is 1. The van der Waals surface area contributed by atoms with Crippen LogP contribution in [0.3, 0.4) is 0 Å². The molecule has 0 amide bonds. The zero-order chi connectivity index (χ0) is 10.7. The van der Waals surface area contributed by atoms with Crippen molar-refractivity contribution >= 4 is 33.2 Å². The van der Waals surface area contributed by atoms with Gasteiger partial charge >= 0.3 is 0 Å². The van der Waals surface area contributed by atoms with E-state index < -0.39 is 0 Å². The van der Waals surface area contributed by atoms with E-state index in [1.54, 1.807) is 11.3 Å². The number of aromatic nitrogens is 1. The lowest BCUT2D eigenvalue weighted by molar-refractivity contribution is 1.12. The fourth-order valence-electron chi connectivity index (χ4n) is 1.29. The summed E-state index contributed by atoms with van der Waals surface area (Å²) in [6.45, 7) is 2.63. The maximum Gasteiger partial charge on any atom is 0.193 e. The molecule has 2 aromatic rings. The Balaban J connectivity index is 2.25. The molecule has 1 aromatic carbocycles. The Morgan fingerprint density at radius 1 is 1.60 bits per heavy atom. The SMILES string of the molecule is CCN=C(N)Nc1ccc2ncsc2c1. The highest BCUT2D eigenvalue weighted by molar-refractivity contribution is 7.16. The molecular formula is C10H12N4S. The van der Waals surface area contributed by atoms with Gasteiger partial charge in [-0.05, 0) is 25.1 Å². The Kier molecular flexibility index (Phi) is 2.82. The van der Waals surface area contributed by atoms with Crippen LogP contribution in [0.2, 0.25) is 0 Å². The number of nitrogens with zero attached hydrogens (tertiary/aromatic N) is 2. The molecule has 15 heavy (non-hydrogen) atoms. The van der Waals surface area contributed by atoms with E-state index in [0.717, 1.165) is 15.9 Å². The predicted octanol–water partition coefficient (Wildman–Crippen LogP) is 2.04. The molecule has 0 atom stereocenters. The molecule has 0 fully saturated rings. The van der Waals surface area contributed by atoms with Gasteiger partial charge in [0, 0.05) is 12.2 Å². The van der Waals surface area contributed by atoms with Crippen LogP contribution in [0.4, 0.5) is 5.69 Å². The molecule has 0 saturated heterocycles. The van der Waals surface area contributed by atoms with Crippen LogP contribution in [0.5, 0.6) is 0 Å². The molecule has 0 radical (unpaired) electrons. The first-order chi connectivity index (χ1) is 7.29. The highest BCUT2D eigenvalue weighted by atomic mass is 32.1. The number of hydrogen-bond donors (Lipinski definition) is 2. The van der Waals surface area contributed by atoms with Crippen LogP contribution in [-0.2, 0) is 0 Å². The number of aliphatic imine (C=N–C) groups is 1. The van der Waals surface area contributed by atoms with Crippen molar-refractivity contribution in [3.63, 3.8) is 0 Å². The summed E-state index contributed by atoms with van der Waals surface area (Å²) in [5.41, 5.74) is 9.45. The Labute approximate surface area is 91.9 Å². The summed E-state index contributed by atoms with van der Waals surface area (Å²) in [4.78, 5) is 8.26. The van der Waals surface area contributed by atoms with Crippen LogP contribution in [0.25, 0.3) is 10.2 Å². The Bertz CT molecular complexity index is 489. The Morgan fingerprint density at radius 3 is 3.27 bits per heavy atom. The van der Waals surface area contributed by atoms with Crippen molar-refractivity contribution in [2.24, 2.45) is 10.7 Å². The minimum atomic E-state index is 0.446. The fraction of sp³-hybridized carbons (Fsp3) is 0.200. The van der Waals surface area contributed by atoms with Gasteiger partial charge in [-0.1, -0.05) is 0 Å². The van der Waals surface area contributed by atoms with Gasteiger partial charge in [-0.25, -0.2) is 4.98 Å². The third kappa shape index (κ3) is 2.24. The van der Waals surface area contributed by atoms with Gasteiger partial charge in [0.1, 0.15) is 0 Å². The molecule has 78 valence electrons. The summed E-state index contributed by atoms with van der Waals surface area (Å²) in [6, 6.07) is 5.93. The third-order valence-electron chi connectivity index (χ3n) is 1.93. The number of rotatable bonds is 2. The van der Waals surface area contributed by atoms with Crippen LogP contribution in [0, 0.1) is 0 Å². The highest BCUT2D eigenvalue weighted by Crippen LogP contribution is 2.21. The molecule has 3 N–H and O–H groups in total. The van der Waals surface area contributed by atoms with Crippen LogP contribution in [0.1, 0.15) is 6.92 Å². The van der Waals surface area contributed by atoms with E-state index >= 15 is 0 Å².